The van der Waals surface area contributed by atoms with E-state index in [1.807, 2.05) is 29.2 Å². The van der Waals surface area contributed by atoms with Crippen molar-refractivity contribution in [2.24, 2.45) is 5.92 Å². The maximum atomic E-state index is 13.6. The highest BCUT2D eigenvalue weighted by Gasteiger charge is 2.55. The maximum Gasteiger partial charge on any atom is 0.254 e. The standard InChI is InChI=1S/C24H34N2O3/c1-17(2)11-14-25-22(27)21-19-9-3-4-10-20(19)23(28)26(16-18-8-7-15-29-18)24(21)12-5-6-13-24/h3-4,9-10,17-18,21H,5-8,11-16H2,1-2H3,(H,25,27)/t18-,21+/m0/s1. The third-order valence-corrected chi connectivity index (χ3v) is 6.98. The quantitative estimate of drug-likeness (QED) is 0.791. The number of ether oxygens (including phenoxy) is 1. The zero-order chi connectivity index (χ0) is 20.4. The van der Waals surface area contributed by atoms with E-state index in [9.17, 15) is 9.59 Å². The van der Waals surface area contributed by atoms with Gasteiger partial charge >= 0.3 is 0 Å². The van der Waals surface area contributed by atoms with Crippen LogP contribution in [0.5, 0.6) is 0 Å². The molecule has 1 saturated heterocycles. The molecular formula is C24H34N2O3. The molecule has 0 bridgehead atoms. The second-order valence-corrected chi connectivity index (χ2v) is 9.36. The van der Waals surface area contributed by atoms with Crippen LogP contribution in [0.3, 0.4) is 0 Å². The van der Waals surface area contributed by atoms with Crippen LogP contribution in [-0.4, -0.2) is 48.1 Å². The lowest BCUT2D eigenvalue weighted by atomic mass is 9.71. The highest BCUT2D eigenvalue weighted by molar-refractivity contribution is 6.02. The molecule has 2 heterocycles. The normalized spacial score (nSPS) is 25.6. The van der Waals surface area contributed by atoms with Gasteiger partial charge in [0.15, 0.2) is 0 Å². The molecule has 29 heavy (non-hydrogen) atoms. The molecule has 3 aliphatic rings. The number of benzene rings is 1. The molecule has 1 N–H and O–H groups in total. The smallest absolute Gasteiger partial charge is 0.254 e. The second-order valence-electron chi connectivity index (χ2n) is 9.36. The van der Waals surface area contributed by atoms with E-state index in [1.54, 1.807) is 0 Å². The Morgan fingerprint density at radius 3 is 2.69 bits per heavy atom. The molecule has 2 fully saturated rings. The molecule has 2 aliphatic heterocycles. The monoisotopic (exact) mass is 398 g/mol. The zero-order valence-electron chi connectivity index (χ0n) is 17.8. The van der Waals surface area contributed by atoms with E-state index >= 15 is 0 Å². The summed E-state index contributed by atoms with van der Waals surface area (Å²) >= 11 is 0. The minimum atomic E-state index is -0.417. The summed E-state index contributed by atoms with van der Waals surface area (Å²) in [6.07, 6.45) is 7.00. The van der Waals surface area contributed by atoms with Gasteiger partial charge in [0.1, 0.15) is 0 Å². The largest absolute Gasteiger partial charge is 0.376 e. The number of rotatable bonds is 6. The van der Waals surface area contributed by atoms with Crippen LogP contribution in [0.25, 0.3) is 0 Å². The Labute approximate surface area is 174 Å². The van der Waals surface area contributed by atoms with E-state index in [-0.39, 0.29) is 23.8 Å². The van der Waals surface area contributed by atoms with Gasteiger partial charge < -0.3 is 15.0 Å². The lowest BCUT2D eigenvalue weighted by molar-refractivity contribution is -0.126. The molecule has 2 atom stereocenters. The number of fused-ring (bicyclic) bond motifs is 1. The summed E-state index contributed by atoms with van der Waals surface area (Å²) in [5.74, 6) is 0.397. The topological polar surface area (TPSA) is 58.6 Å². The molecule has 0 unspecified atom stereocenters. The average Bonchev–Trinajstić information content (AvgIpc) is 3.38. The van der Waals surface area contributed by atoms with E-state index in [2.05, 4.69) is 19.2 Å². The van der Waals surface area contributed by atoms with Crippen molar-refractivity contribution in [1.82, 2.24) is 10.2 Å². The molecule has 1 aromatic rings. The molecule has 0 aromatic heterocycles. The second kappa shape index (κ2) is 8.47. The molecule has 5 nitrogen and oxygen atoms in total. The fourth-order valence-corrected chi connectivity index (χ4v) is 5.51. The van der Waals surface area contributed by atoms with Gasteiger partial charge in [-0.15, -0.1) is 0 Å². The van der Waals surface area contributed by atoms with Gasteiger partial charge in [0.2, 0.25) is 5.91 Å². The van der Waals surface area contributed by atoms with E-state index in [0.29, 0.717) is 24.6 Å². The predicted octanol–water partition coefficient (Wildman–Crippen LogP) is 3.88. The lowest BCUT2D eigenvalue weighted by Gasteiger charge is -2.50. The Bertz CT molecular complexity index is 748. The molecule has 1 aliphatic carbocycles. The average molecular weight is 399 g/mol. The van der Waals surface area contributed by atoms with Crippen LogP contribution < -0.4 is 5.32 Å². The molecule has 1 spiro atoms. The number of amides is 2. The van der Waals surface area contributed by atoms with Gasteiger partial charge in [-0.05, 0) is 49.7 Å². The molecule has 1 aromatic carbocycles. The SMILES string of the molecule is CC(C)CCNC(=O)[C@H]1c2ccccc2C(=O)N(C[C@@H]2CCCO2)C12CCCC2. The molecule has 2 amide bonds. The first-order chi connectivity index (χ1) is 14.0. The first-order valence-electron chi connectivity index (χ1n) is 11.3. The van der Waals surface area contributed by atoms with Gasteiger partial charge in [0, 0.05) is 25.3 Å². The molecule has 1 saturated carbocycles. The van der Waals surface area contributed by atoms with E-state index in [4.69, 9.17) is 4.74 Å². The summed E-state index contributed by atoms with van der Waals surface area (Å²) in [7, 11) is 0. The molecule has 4 rings (SSSR count). The zero-order valence-corrected chi connectivity index (χ0v) is 17.8. The third-order valence-electron chi connectivity index (χ3n) is 6.98. The summed E-state index contributed by atoms with van der Waals surface area (Å²) in [4.78, 5) is 29.1. The minimum Gasteiger partial charge on any atom is -0.376 e. The summed E-state index contributed by atoms with van der Waals surface area (Å²) in [6.45, 7) is 6.40. The number of hydrogen-bond donors (Lipinski definition) is 1. The van der Waals surface area contributed by atoms with Gasteiger partial charge in [-0.1, -0.05) is 44.9 Å². The van der Waals surface area contributed by atoms with Crippen molar-refractivity contribution in [3.63, 3.8) is 0 Å². The summed E-state index contributed by atoms with van der Waals surface area (Å²) in [5, 5.41) is 3.20. The van der Waals surface area contributed by atoms with Crippen molar-refractivity contribution in [1.29, 1.82) is 0 Å². The van der Waals surface area contributed by atoms with Crippen LogP contribution in [0.15, 0.2) is 24.3 Å². The van der Waals surface area contributed by atoms with Crippen molar-refractivity contribution in [3.05, 3.63) is 35.4 Å². The van der Waals surface area contributed by atoms with Crippen LogP contribution in [0.4, 0.5) is 0 Å². The molecular weight excluding hydrogens is 364 g/mol. The van der Waals surface area contributed by atoms with Crippen LogP contribution in [0, 0.1) is 5.92 Å². The van der Waals surface area contributed by atoms with Gasteiger partial charge in [-0.25, -0.2) is 0 Å². The Hall–Kier alpha value is -1.88. The molecule has 0 radical (unpaired) electrons. The van der Waals surface area contributed by atoms with Crippen molar-refractivity contribution in [3.8, 4) is 0 Å². The molecule has 5 heteroatoms. The van der Waals surface area contributed by atoms with Crippen molar-refractivity contribution in [2.45, 2.75) is 76.4 Å². The van der Waals surface area contributed by atoms with Gasteiger partial charge in [0.25, 0.3) is 5.91 Å². The van der Waals surface area contributed by atoms with E-state index in [0.717, 1.165) is 57.1 Å². The minimum absolute atomic E-state index is 0.0734. The highest BCUT2D eigenvalue weighted by Crippen LogP contribution is 2.50. The number of carbonyl (C=O) groups excluding carboxylic acids is 2. The fourth-order valence-electron chi connectivity index (χ4n) is 5.51. The van der Waals surface area contributed by atoms with Crippen LogP contribution in [0.2, 0.25) is 0 Å². The first kappa shape index (κ1) is 20.4. The number of carbonyl (C=O) groups is 2. The number of nitrogens with one attached hydrogen (secondary N) is 1. The lowest BCUT2D eigenvalue weighted by Crippen LogP contribution is -2.62. The Morgan fingerprint density at radius 1 is 1.24 bits per heavy atom. The summed E-state index contributed by atoms with van der Waals surface area (Å²) in [5.41, 5.74) is 1.18. The van der Waals surface area contributed by atoms with Gasteiger partial charge in [-0.2, -0.15) is 0 Å². The van der Waals surface area contributed by atoms with Crippen LogP contribution >= 0.6 is 0 Å². The van der Waals surface area contributed by atoms with Gasteiger partial charge in [0.05, 0.1) is 17.6 Å². The van der Waals surface area contributed by atoms with Crippen molar-refractivity contribution >= 4 is 11.8 Å². The van der Waals surface area contributed by atoms with E-state index in [1.165, 1.54) is 0 Å². The highest BCUT2D eigenvalue weighted by atomic mass is 16.5. The number of hydrogen-bond acceptors (Lipinski definition) is 3. The molecule has 158 valence electrons. The number of nitrogens with zero attached hydrogens (tertiary/aromatic N) is 1. The van der Waals surface area contributed by atoms with Crippen LogP contribution in [-0.2, 0) is 9.53 Å². The summed E-state index contributed by atoms with van der Waals surface area (Å²) < 4.78 is 5.89. The van der Waals surface area contributed by atoms with Crippen molar-refractivity contribution in [2.75, 3.05) is 19.7 Å². The van der Waals surface area contributed by atoms with Gasteiger partial charge in [-0.3, -0.25) is 9.59 Å². The fraction of sp³-hybridized carbons (Fsp3) is 0.667. The summed E-state index contributed by atoms with van der Waals surface area (Å²) in [6, 6.07) is 7.74. The third kappa shape index (κ3) is 3.81. The van der Waals surface area contributed by atoms with Crippen molar-refractivity contribution < 1.29 is 14.3 Å². The maximum absolute atomic E-state index is 13.6. The predicted molar refractivity (Wildman–Crippen MR) is 113 cm³/mol. The van der Waals surface area contributed by atoms with E-state index < -0.39 is 5.54 Å². The Morgan fingerprint density at radius 2 is 2.00 bits per heavy atom. The van der Waals surface area contributed by atoms with Crippen LogP contribution in [0.1, 0.15) is 80.6 Å². The Balaban J connectivity index is 1.70. The Kier molecular flexibility index (Phi) is 5.95. The first-order valence-corrected chi connectivity index (χ1v) is 11.3.